The molecular formula is C52H33NOS. The summed E-state index contributed by atoms with van der Waals surface area (Å²) in [6.07, 6.45) is 0. The van der Waals surface area contributed by atoms with Gasteiger partial charge in [-0.2, -0.15) is 0 Å². The third-order valence-corrected chi connectivity index (χ3v) is 12.0. The molecule has 0 aliphatic heterocycles. The van der Waals surface area contributed by atoms with E-state index in [2.05, 4.69) is 193 Å². The van der Waals surface area contributed by atoms with E-state index in [4.69, 9.17) is 4.42 Å². The average Bonchev–Trinajstić information content (AvgIpc) is 3.83. The number of benzene rings is 9. The Morgan fingerprint density at radius 3 is 1.87 bits per heavy atom. The highest BCUT2D eigenvalue weighted by molar-refractivity contribution is 7.26. The molecule has 258 valence electrons. The van der Waals surface area contributed by atoms with Crippen molar-refractivity contribution in [3.8, 4) is 33.4 Å². The largest absolute Gasteiger partial charge is 0.456 e. The summed E-state index contributed by atoms with van der Waals surface area (Å²) in [5.41, 5.74) is 12.3. The van der Waals surface area contributed by atoms with Crippen LogP contribution in [0, 0.1) is 0 Å². The van der Waals surface area contributed by atoms with Gasteiger partial charge in [0.05, 0.1) is 11.4 Å². The molecule has 0 aliphatic rings. The van der Waals surface area contributed by atoms with E-state index in [9.17, 15) is 0 Å². The molecule has 55 heavy (non-hydrogen) atoms. The van der Waals surface area contributed by atoms with Gasteiger partial charge in [-0.05, 0) is 93.2 Å². The summed E-state index contributed by atoms with van der Waals surface area (Å²) in [6, 6.07) is 72.3. The number of rotatable bonds is 6. The molecular weight excluding hydrogens is 687 g/mol. The summed E-state index contributed by atoms with van der Waals surface area (Å²) in [5.74, 6) is 0. The van der Waals surface area contributed by atoms with Crippen molar-refractivity contribution in [2.45, 2.75) is 0 Å². The quantitative estimate of drug-likeness (QED) is 0.170. The highest BCUT2D eigenvalue weighted by atomic mass is 32.1. The molecule has 2 heterocycles. The summed E-state index contributed by atoms with van der Waals surface area (Å²) >= 11 is 1.85. The van der Waals surface area contributed by atoms with Crippen molar-refractivity contribution < 1.29 is 4.42 Å². The van der Waals surface area contributed by atoms with E-state index in [1.54, 1.807) is 0 Å². The molecule has 2 aromatic heterocycles. The lowest BCUT2D eigenvalue weighted by Crippen LogP contribution is -2.11. The number of anilines is 3. The second-order valence-corrected chi connectivity index (χ2v) is 15.1. The van der Waals surface area contributed by atoms with E-state index >= 15 is 0 Å². The highest BCUT2D eigenvalue weighted by Gasteiger charge is 2.22. The number of furan rings is 1. The topological polar surface area (TPSA) is 16.4 Å². The van der Waals surface area contributed by atoms with E-state index < -0.39 is 0 Å². The number of hydrogen-bond acceptors (Lipinski definition) is 3. The minimum Gasteiger partial charge on any atom is -0.456 e. The Morgan fingerprint density at radius 1 is 0.364 bits per heavy atom. The summed E-state index contributed by atoms with van der Waals surface area (Å²) in [4.78, 5) is 2.47. The number of nitrogens with zero attached hydrogens (tertiary/aromatic N) is 1. The molecule has 0 saturated heterocycles. The van der Waals surface area contributed by atoms with Gasteiger partial charge in [0, 0.05) is 42.2 Å². The van der Waals surface area contributed by atoms with Gasteiger partial charge in [-0.3, -0.25) is 0 Å². The van der Waals surface area contributed by atoms with E-state index in [0.717, 1.165) is 50.1 Å². The fraction of sp³-hybridized carbons (Fsp3) is 0. The Morgan fingerprint density at radius 2 is 1.00 bits per heavy atom. The van der Waals surface area contributed by atoms with Gasteiger partial charge in [-0.25, -0.2) is 0 Å². The lowest BCUT2D eigenvalue weighted by molar-refractivity contribution is 0.669. The molecule has 0 bridgehead atoms. The zero-order chi connectivity index (χ0) is 36.3. The molecule has 0 atom stereocenters. The smallest absolute Gasteiger partial charge is 0.135 e. The first kappa shape index (κ1) is 31.6. The van der Waals surface area contributed by atoms with E-state index in [0.29, 0.717) is 0 Å². The molecule has 0 N–H and O–H groups in total. The van der Waals surface area contributed by atoms with Crippen LogP contribution in [-0.2, 0) is 0 Å². The molecule has 9 aromatic carbocycles. The Balaban J connectivity index is 1.13. The standard InChI is InChI=1S/C52H33NOS/c1-2-13-35(14-3-1)39-20-10-15-36-16-11-21-42(51(36)39)40-17-4-7-22-45(40)53(46-23-12-26-50-52(46)43-19-6-9-25-49(43)55-50)38-30-27-34(28-31-38)37-29-32-48-44(33-37)41-18-5-8-24-47(41)54-48/h1-33H. The maximum absolute atomic E-state index is 6.15. The Bertz CT molecular complexity index is 3200. The second-order valence-electron chi connectivity index (χ2n) is 14.0. The van der Waals surface area contributed by atoms with Crippen molar-refractivity contribution >= 4 is 81.3 Å². The van der Waals surface area contributed by atoms with Crippen molar-refractivity contribution in [1.29, 1.82) is 0 Å². The lowest BCUT2D eigenvalue weighted by atomic mass is 9.90. The van der Waals surface area contributed by atoms with Crippen molar-refractivity contribution in [1.82, 2.24) is 0 Å². The SMILES string of the molecule is c1ccc(-c2cccc3cccc(-c4ccccc4N(c4ccc(-c5ccc6oc7ccccc7c6c5)cc4)c4cccc5sc6ccccc6c45)c23)cc1. The molecule has 0 aliphatic carbocycles. The van der Waals surface area contributed by atoms with Gasteiger partial charge in [-0.1, -0.05) is 146 Å². The van der Waals surface area contributed by atoms with Crippen molar-refractivity contribution in [3.63, 3.8) is 0 Å². The van der Waals surface area contributed by atoms with Crippen molar-refractivity contribution in [2.75, 3.05) is 4.90 Å². The zero-order valence-corrected chi connectivity index (χ0v) is 30.6. The normalized spacial score (nSPS) is 11.6. The van der Waals surface area contributed by atoms with Crippen LogP contribution in [0.1, 0.15) is 0 Å². The number of para-hydroxylation sites is 2. The maximum atomic E-state index is 6.15. The van der Waals surface area contributed by atoms with Crippen LogP contribution >= 0.6 is 11.3 Å². The van der Waals surface area contributed by atoms with Gasteiger partial charge in [0.15, 0.2) is 0 Å². The van der Waals surface area contributed by atoms with Crippen LogP contribution in [0.2, 0.25) is 0 Å². The van der Waals surface area contributed by atoms with E-state index in [1.165, 1.54) is 53.2 Å². The molecule has 0 radical (unpaired) electrons. The predicted molar refractivity (Wildman–Crippen MR) is 235 cm³/mol. The summed E-state index contributed by atoms with van der Waals surface area (Å²) in [7, 11) is 0. The average molecular weight is 720 g/mol. The zero-order valence-electron chi connectivity index (χ0n) is 29.8. The van der Waals surface area contributed by atoms with Gasteiger partial charge in [0.2, 0.25) is 0 Å². The number of hydrogen-bond donors (Lipinski definition) is 0. The molecule has 0 fully saturated rings. The number of thiophene rings is 1. The van der Waals surface area contributed by atoms with Crippen LogP contribution in [0.25, 0.3) is 86.3 Å². The fourth-order valence-electron chi connectivity index (χ4n) is 8.38. The first-order chi connectivity index (χ1) is 27.3. The molecule has 2 nitrogen and oxygen atoms in total. The molecule has 0 spiro atoms. The van der Waals surface area contributed by atoms with Gasteiger partial charge >= 0.3 is 0 Å². The molecule has 0 unspecified atom stereocenters. The predicted octanol–water partition coefficient (Wildman–Crippen LogP) is 15.6. The number of fused-ring (bicyclic) bond motifs is 7. The third-order valence-electron chi connectivity index (χ3n) is 10.9. The molecule has 0 saturated carbocycles. The monoisotopic (exact) mass is 719 g/mol. The van der Waals surface area contributed by atoms with Crippen LogP contribution in [0.4, 0.5) is 17.1 Å². The first-order valence-corrected chi connectivity index (χ1v) is 19.5. The molecule has 11 aromatic rings. The molecule has 11 rings (SSSR count). The van der Waals surface area contributed by atoms with Crippen molar-refractivity contribution in [2.24, 2.45) is 0 Å². The lowest BCUT2D eigenvalue weighted by Gasteiger charge is -2.29. The third kappa shape index (κ3) is 5.24. The van der Waals surface area contributed by atoms with E-state index in [1.807, 2.05) is 23.5 Å². The maximum Gasteiger partial charge on any atom is 0.135 e. The van der Waals surface area contributed by atoms with Crippen LogP contribution in [0.3, 0.4) is 0 Å². The first-order valence-electron chi connectivity index (χ1n) is 18.7. The Labute approximate surface area is 322 Å². The van der Waals surface area contributed by atoms with Crippen LogP contribution in [0.5, 0.6) is 0 Å². The van der Waals surface area contributed by atoms with E-state index in [-0.39, 0.29) is 0 Å². The second kappa shape index (κ2) is 12.9. The molecule has 0 amide bonds. The fourth-order valence-corrected chi connectivity index (χ4v) is 9.51. The Hall–Kier alpha value is -6.94. The summed E-state index contributed by atoms with van der Waals surface area (Å²) in [6.45, 7) is 0. The minimum absolute atomic E-state index is 0.907. The van der Waals surface area contributed by atoms with Crippen LogP contribution in [0.15, 0.2) is 205 Å². The van der Waals surface area contributed by atoms with Crippen LogP contribution < -0.4 is 4.90 Å². The van der Waals surface area contributed by atoms with Gasteiger partial charge in [0.1, 0.15) is 11.2 Å². The summed E-state index contributed by atoms with van der Waals surface area (Å²) < 4.78 is 8.71. The van der Waals surface area contributed by atoms with Crippen LogP contribution in [-0.4, -0.2) is 0 Å². The minimum atomic E-state index is 0.907. The summed E-state index contributed by atoms with van der Waals surface area (Å²) in [5, 5.41) is 7.28. The highest BCUT2D eigenvalue weighted by Crippen LogP contribution is 2.49. The van der Waals surface area contributed by atoms with Crippen molar-refractivity contribution in [3.05, 3.63) is 200 Å². The van der Waals surface area contributed by atoms with Gasteiger partial charge < -0.3 is 9.32 Å². The van der Waals surface area contributed by atoms with Gasteiger partial charge in [0.25, 0.3) is 0 Å². The molecule has 3 heteroatoms. The Kier molecular flexibility index (Phi) is 7.39. The van der Waals surface area contributed by atoms with Gasteiger partial charge in [-0.15, -0.1) is 11.3 Å².